The van der Waals surface area contributed by atoms with E-state index in [0.717, 1.165) is 18.4 Å². The summed E-state index contributed by atoms with van der Waals surface area (Å²) in [7, 11) is 6.25. The second kappa shape index (κ2) is 6.90. The number of benzene rings is 1. The molecule has 0 aromatic heterocycles. The van der Waals surface area contributed by atoms with Gasteiger partial charge in [0, 0.05) is 17.5 Å². The van der Waals surface area contributed by atoms with Gasteiger partial charge in [-0.3, -0.25) is 4.79 Å². The van der Waals surface area contributed by atoms with Crippen molar-refractivity contribution in [2.24, 2.45) is 11.8 Å². The van der Waals surface area contributed by atoms with Crippen LogP contribution in [0.5, 0.6) is 17.2 Å². The van der Waals surface area contributed by atoms with Gasteiger partial charge in [0.2, 0.25) is 0 Å². The Hall–Kier alpha value is -1.91. The molecule has 0 radical (unpaired) electrons. The zero-order valence-electron chi connectivity index (χ0n) is 13.8. The highest BCUT2D eigenvalue weighted by Gasteiger charge is 2.40. The van der Waals surface area contributed by atoms with Gasteiger partial charge in [-0.1, -0.05) is 6.92 Å². The summed E-state index contributed by atoms with van der Waals surface area (Å²) >= 11 is 0. The lowest BCUT2D eigenvalue weighted by Crippen LogP contribution is -2.19. The zero-order chi connectivity index (χ0) is 16.3. The van der Waals surface area contributed by atoms with E-state index in [1.54, 1.807) is 27.4 Å². The minimum atomic E-state index is -0.168. The maximum atomic E-state index is 12.1. The van der Waals surface area contributed by atoms with Crippen molar-refractivity contribution in [1.82, 2.24) is 0 Å². The summed E-state index contributed by atoms with van der Waals surface area (Å²) in [5.41, 5.74) is 0.943. The fraction of sp³-hybridized carbons (Fsp3) is 0.588. The molecule has 1 fully saturated rings. The normalized spacial score (nSPS) is 24.0. The quantitative estimate of drug-likeness (QED) is 0.783. The average Bonchev–Trinajstić information content (AvgIpc) is 2.94. The van der Waals surface area contributed by atoms with Crippen molar-refractivity contribution in [3.63, 3.8) is 0 Å². The molecule has 0 heterocycles. The molecule has 22 heavy (non-hydrogen) atoms. The summed E-state index contributed by atoms with van der Waals surface area (Å²) in [5, 5.41) is 0. The van der Waals surface area contributed by atoms with Crippen LogP contribution in [0.2, 0.25) is 0 Å². The molecule has 0 unspecified atom stereocenters. The molecule has 1 aromatic rings. The van der Waals surface area contributed by atoms with Crippen molar-refractivity contribution in [1.29, 1.82) is 0 Å². The van der Waals surface area contributed by atoms with Gasteiger partial charge in [-0.2, -0.15) is 0 Å². The fourth-order valence-corrected chi connectivity index (χ4v) is 3.41. The molecule has 0 aliphatic heterocycles. The van der Waals surface area contributed by atoms with Crippen LogP contribution >= 0.6 is 0 Å². The molecule has 0 amide bonds. The third kappa shape index (κ3) is 2.98. The second-order valence-electron chi connectivity index (χ2n) is 5.76. The van der Waals surface area contributed by atoms with Gasteiger partial charge in [-0.25, -0.2) is 0 Å². The maximum absolute atomic E-state index is 12.1. The summed E-state index contributed by atoms with van der Waals surface area (Å²) in [6, 6.07) is 3.72. The van der Waals surface area contributed by atoms with Crippen molar-refractivity contribution in [3.05, 3.63) is 17.7 Å². The predicted octanol–water partition coefficient (Wildman–Crippen LogP) is 3.02. The highest BCUT2D eigenvalue weighted by molar-refractivity contribution is 5.74. The highest BCUT2D eigenvalue weighted by Crippen LogP contribution is 2.49. The third-order valence-electron chi connectivity index (χ3n) is 4.42. The van der Waals surface area contributed by atoms with Gasteiger partial charge in [0.15, 0.2) is 11.5 Å². The number of esters is 1. The molecule has 5 heteroatoms. The van der Waals surface area contributed by atoms with Crippen LogP contribution in [0, 0.1) is 11.8 Å². The fourth-order valence-electron chi connectivity index (χ4n) is 3.41. The van der Waals surface area contributed by atoms with Crippen LogP contribution in [-0.2, 0) is 9.53 Å². The second-order valence-corrected chi connectivity index (χ2v) is 5.76. The minimum Gasteiger partial charge on any atom is -0.497 e. The van der Waals surface area contributed by atoms with E-state index >= 15 is 0 Å². The number of carbonyl (C=O) groups is 1. The van der Waals surface area contributed by atoms with Crippen molar-refractivity contribution in [2.75, 3.05) is 28.4 Å². The maximum Gasteiger partial charge on any atom is 0.309 e. The first-order valence-electron chi connectivity index (χ1n) is 7.43. The van der Waals surface area contributed by atoms with E-state index in [9.17, 15) is 4.79 Å². The van der Waals surface area contributed by atoms with Gasteiger partial charge < -0.3 is 18.9 Å². The molecule has 3 atom stereocenters. The van der Waals surface area contributed by atoms with Crippen LogP contribution in [0.25, 0.3) is 0 Å². The summed E-state index contributed by atoms with van der Waals surface area (Å²) in [4.78, 5) is 12.1. The number of hydrogen-bond acceptors (Lipinski definition) is 5. The summed E-state index contributed by atoms with van der Waals surface area (Å²) in [5.74, 6) is 2.13. The van der Waals surface area contributed by atoms with E-state index in [-0.39, 0.29) is 17.8 Å². The minimum absolute atomic E-state index is 0.0430. The van der Waals surface area contributed by atoms with Crippen molar-refractivity contribution >= 4 is 5.97 Å². The van der Waals surface area contributed by atoms with Crippen LogP contribution < -0.4 is 14.2 Å². The zero-order valence-corrected chi connectivity index (χ0v) is 13.8. The lowest BCUT2D eigenvalue weighted by Gasteiger charge is -2.22. The number of rotatable bonds is 5. The Morgan fingerprint density at radius 3 is 2.32 bits per heavy atom. The van der Waals surface area contributed by atoms with E-state index in [1.165, 1.54) is 7.11 Å². The van der Waals surface area contributed by atoms with Gasteiger partial charge in [0.1, 0.15) is 5.75 Å². The van der Waals surface area contributed by atoms with Gasteiger partial charge in [-0.15, -0.1) is 0 Å². The Morgan fingerprint density at radius 1 is 1.05 bits per heavy atom. The molecule has 1 aromatic carbocycles. The largest absolute Gasteiger partial charge is 0.497 e. The molecular formula is C17H24O5. The molecule has 2 rings (SSSR count). The van der Waals surface area contributed by atoms with Crippen LogP contribution in [0.1, 0.15) is 31.2 Å². The van der Waals surface area contributed by atoms with Crippen molar-refractivity contribution in [2.45, 2.75) is 25.7 Å². The SMILES string of the molecule is COC(=O)[C@H]1C[C@@H](C)C[C@H]1c1cc(OC)cc(OC)c1OC. The topological polar surface area (TPSA) is 54.0 Å². The van der Waals surface area contributed by atoms with E-state index < -0.39 is 0 Å². The molecule has 0 bridgehead atoms. The highest BCUT2D eigenvalue weighted by atomic mass is 16.5. The summed E-state index contributed by atoms with van der Waals surface area (Å²) in [6.45, 7) is 2.15. The summed E-state index contributed by atoms with van der Waals surface area (Å²) < 4.78 is 21.3. The van der Waals surface area contributed by atoms with Crippen LogP contribution in [0.3, 0.4) is 0 Å². The van der Waals surface area contributed by atoms with E-state index in [0.29, 0.717) is 23.2 Å². The Labute approximate surface area is 131 Å². The van der Waals surface area contributed by atoms with Gasteiger partial charge >= 0.3 is 5.97 Å². The van der Waals surface area contributed by atoms with Crippen LogP contribution in [0.4, 0.5) is 0 Å². The predicted molar refractivity (Wildman–Crippen MR) is 82.7 cm³/mol. The molecule has 0 spiro atoms. The number of carbonyl (C=O) groups excluding carboxylic acids is 1. The average molecular weight is 308 g/mol. The molecule has 0 saturated heterocycles. The van der Waals surface area contributed by atoms with Crippen LogP contribution in [-0.4, -0.2) is 34.4 Å². The van der Waals surface area contributed by atoms with Gasteiger partial charge in [0.05, 0.1) is 34.4 Å². The standard InChI is InChI=1S/C17H24O5/c1-10-6-12(14(7-10)17(18)22-5)13-8-11(19-2)9-15(20-3)16(13)21-4/h8-10,12,14H,6-7H2,1-5H3/t10-,12-,14-/m0/s1. The van der Waals surface area contributed by atoms with Gasteiger partial charge in [0.25, 0.3) is 0 Å². The first kappa shape index (κ1) is 16.5. The van der Waals surface area contributed by atoms with Crippen LogP contribution in [0.15, 0.2) is 12.1 Å². The molecule has 5 nitrogen and oxygen atoms in total. The number of hydrogen-bond donors (Lipinski definition) is 0. The lowest BCUT2D eigenvalue weighted by atomic mass is 9.87. The smallest absolute Gasteiger partial charge is 0.309 e. The third-order valence-corrected chi connectivity index (χ3v) is 4.42. The van der Waals surface area contributed by atoms with Crippen molar-refractivity contribution in [3.8, 4) is 17.2 Å². The first-order valence-corrected chi connectivity index (χ1v) is 7.43. The molecular weight excluding hydrogens is 284 g/mol. The van der Waals surface area contributed by atoms with E-state index in [1.807, 2.05) is 6.07 Å². The number of methoxy groups -OCH3 is 4. The number of ether oxygens (including phenoxy) is 4. The summed E-state index contributed by atoms with van der Waals surface area (Å²) in [6.07, 6.45) is 1.73. The van der Waals surface area contributed by atoms with Gasteiger partial charge in [-0.05, 0) is 24.8 Å². The van der Waals surface area contributed by atoms with Crippen molar-refractivity contribution < 1.29 is 23.7 Å². The molecule has 0 N–H and O–H groups in total. The Balaban J connectivity index is 2.51. The Bertz CT molecular complexity index is 540. The molecule has 1 saturated carbocycles. The van der Waals surface area contributed by atoms with E-state index in [2.05, 4.69) is 6.92 Å². The first-order chi connectivity index (χ1) is 10.5. The molecule has 1 aliphatic carbocycles. The Morgan fingerprint density at radius 2 is 1.77 bits per heavy atom. The monoisotopic (exact) mass is 308 g/mol. The van der Waals surface area contributed by atoms with E-state index in [4.69, 9.17) is 18.9 Å². The Kier molecular flexibility index (Phi) is 5.16. The molecule has 1 aliphatic rings. The lowest BCUT2D eigenvalue weighted by molar-refractivity contribution is -0.145. The molecule has 122 valence electrons.